The number of fused-ring (bicyclic) bond motifs is 4. The van der Waals surface area contributed by atoms with Crippen molar-refractivity contribution in [3.8, 4) is 33.9 Å². The maximum atomic E-state index is 13.8. The first kappa shape index (κ1) is 34.0. The number of para-hydroxylation sites is 1. The molecule has 4 aliphatic heterocycles. The van der Waals surface area contributed by atoms with Gasteiger partial charge in [0.25, 0.3) is 5.91 Å². The van der Waals surface area contributed by atoms with Gasteiger partial charge in [0.15, 0.2) is 5.82 Å². The van der Waals surface area contributed by atoms with Gasteiger partial charge in [-0.25, -0.2) is 0 Å². The third kappa shape index (κ3) is 5.84. The number of imide groups is 1. The lowest BCUT2D eigenvalue weighted by Crippen LogP contribution is -2.52. The van der Waals surface area contributed by atoms with Gasteiger partial charge in [-0.2, -0.15) is 5.10 Å². The molecule has 14 heteroatoms. The zero-order chi connectivity index (χ0) is 37.1. The monoisotopic (exact) mass is 730 g/mol. The van der Waals surface area contributed by atoms with Gasteiger partial charge in [0.1, 0.15) is 17.5 Å². The molecule has 1 unspecified atom stereocenters. The number of nitrogens with one attached hydrogen (secondary N) is 1. The number of amides is 4. The van der Waals surface area contributed by atoms with E-state index in [2.05, 4.69) is 20.6 Å². The van der Waals surface area contributed by atoms with Gasteiger partial charge < -0.3 is 25.4 Å². The van der Waals surface area contributed by atoms with E-state index in [9.17, 15) is 24.3 Å². The highest BCUT2D eigenvalue weighted by Crippen LogP contribution is 2.50. The van der Waals surface area contributed by atoms with Crippen LogP contribution < -0.4 is 15.8 Å². The largest absolute Gasteiger partial charge is 0.507 e. The zero-order valence-corrected chi connectivity index (χ0v) is 29.9. The topological polar surface area (TPSA) is 186 Å². The van der Waals surface area contributed by atoms with Crippen LogP contribution in [0.2, 0.25) is 0 Å². The number of rotatable bonds is 6. The van der Waals surface area contributed by atoms with E-state index in [1.54, 1.807) is 29.3 Å². The Kier molecular flexibility index (Phi) is 8.35. The summed E-state index contributed by atoms with van der Waals surface area (Å²) in [6.07, 6.45) is 9.44. The van der Waals surface area contributed by atoms with Crippen LogP contribution in [-0.4, -0.2) is 84.3 Å². The van der Waals surface area contributed by atoms with Crippen LogP contribution in [0.5, 0.6) is 11.5 Å². The number of hydrogen-bond acceptors (Lipinski definition) is 10. The summed E-state index contributed by atoms with van der Waals surface area (Å²) in [5.74, 6) is 0.880. The number of anilines is 1. The molecular formula is C40H42N8O6. The second-order valence-corrected chi connectivity index (χ2v) is 15.5. The number of nitrogen functional groups attached to an aromatic ring is 1. The molecule has 9 rings (SSSR count). The molecule has 4 amide bonds. The number of likely N-dealkylation sites (tertiary alicyclic amines) is 1. The number of nitrogens with two attached hydrogens (primary N) is 1. The maximum Gasteiger partial charge on any atom is 0.255 e. The maximum absolute atomic E-state index is 13.8. The summed E-state index contributed by atoms with van der Waals surface area (Å²) in [5.41, 5.74) is 11.1. The number of ether oxygens (including phenoxy) is 1. The molecule has 6 heterocycles. The summed E-state index contributed by atoms with van der Waals surface area (Å²) >= 11 is 0. The number of carbonyl (C=O) groups excluding carboxylic acids is 4. The number of phenolic OH excluding ortho intramolecular Hbond substituents is 1. The highest BCUT2D eigenvalue weighted by atomic mass is 16.5. The lowest BCUT2D eigenvalue weighted by molar-refractivity contribution is -0.139. The summed E-state index contributed by atoms with van der Waals surface area (Å²) in [6, 6.07) is 12.0. The van der Waals surface area contributed by atoms with E-state index in [0.29, 0.717) is 60.2 Å². The SMILES string of the molecule is Nc1nnc(-c2ccccc2O)cc1-c1cnn(CC2CCC(C(=O)N3CCC4(CC3)COc3c4ccc4c3CN(C3CCC(=O)NC3=O)C4=O)CC2)c1. The Morgan fingerprint density at radius 3 is 2.56 bits per heavy atom. The van der Waals surface area contributed by atoms with Crippen LogP contribution in [0, 0.1) is 11.8 Å². The molecule has 278 valence electrons. The van der Waals surface area contributed by atoms with Crippen molar-refractivity contribution in [2.24, 2.45) is 11.8 Å². The normalized spacial score (nSPS) is 23.3. The van der Waals surface area contributed by atoms with Crippen molar-refractivity contribution >= 4 is 29.4 Å². The predicted molar refractivity (Wildman–Crippen MR) is 196 cm³/mol. The van der Waals surface area contributed by atoms with Crippen molar-refractivity contribution in [2.45, 2.75) is 75.9 Å². The van der Waals surface area contributed by atoms with Crippen LogP contribution in [-0.2, 0) is 32.9 Å². The van der Waals surface area contributed by atoms with E-state index in [-0.39, 0.29) is 47.8 Å². The van der Waals surface area contributed by atoms with Gasteiger partial charge in [-0.3, -0.25) is 29.2 Å². The summed E-state index contributed by atoms with van der Waals surface area (Å²) in [6.45, 7) is 2.87. The van der Waals surface area contributed by atoms with Crippen LogP contribution in [0.1, 0.15) is 72.9 Å². The van der Waals surface area contributed by atoms with Crippen molar-refractivity contribution in [1.29, 1.82) is 0 Å². The summed E-state index contributed by atoms with van der Waals surface area (Å²) in [5, 5.41) is 25.6. The Bertz CT molecular complexity index is 2180. The molecule has 1 aliphatic carbocycles. The molecule has 2 saturated heterocycles. The second kappa shape index (κ2) is 13.3. The number of aromatic hydroxyl groups is 1. The van der Waals surface area contributed by atoms with Crippen molar-refractivity contribution in [1.82, 2.24) is 35.1 Å². The first-order valence-electron chi connectivity index (χ1n) is 18.8. The van der Waals surface area contributed by atoms with Crippen LogP contribution in [0.15, 0.2) is 54.9 Å². The molecule has 0 radical (unpaired) electrons. The van der Waals surface area contributed by atoms with Gasteiger partial charge >= 0.3 is 0 Å². The molecule has 1 saturated carbocycles. The van der Waals surface area contributed by atoms with Crippen molar-refractivity contribution in [3.63, 3.8) is 0 Å². The van der Waals surface area contributed by atoms with Gasteiger partial charge in [-0.15, -0.1) is 10.2 Å². The predicted octanol–water partition coefficient (Wildman–Crippen LogP) is 3.82. The second-order valence-electron chi connectivity index (χ2n) is 15.5. The number of aromatic nitrogens is 4. The fourth-order valence-corrected chi connectivity index (χ4v) is 9.22. The Balaban J connectivity index is 0.794. The van der Waals surface area contributed by atoms with E-state index in [0.717, 1.165) is 67.5 Å². The summed E-state index contributed by atoms with van der Waals surface area (Å²) < 4.78 is 8.27. The van der Waals surface area contributed by atoms with Gasteiger partial charge in [0.05, 0.1) is 25.0 Å². The van der Waals surface area contributed by atoms with Gasteiger partial charge in [0.2, 0.25) is 17.7 Å². The van der Waals surface area contributed by atoms with Crippen LogP contribution in [0.4, 0.5) is 5.82 Å². The Hall–Kier alpha value is -5.79. The third-order valence-corrected chi connectivity index (χ3v) is 12.4. The molecule has 2 aromatic carbocycles. The number of hydrogen-bond donors (Lipinski definition) is 3. The molecular weight excluding hydrogens is 688 g/mol. The van der Waals surface area contributed by atoms with Crippen LogP contribution in [0.3, 0.4) is 0 Å². The summed E-state index contributed by atoms with van der Waals surface area (Å²) in [7, 11) is 0. The molecule has 3 fully saturated rings. The quantitative estimate of drug-likeness (QED) is 0.247. The van der Waals surface area contributed by atoms with Gasteiger partial charge in [-0.05, 0) is 75.1 Å². The number of carbonyl (C=O) groups is 4. The molecule has 5 aliphatic rings. The lowest BCUT2D eigenvalue weighted by Gasteiger charge is -2.40. The van der Waals surface area contributed by atoms with Gasteiger partial charge in [0, 0.05) is 77.0 Å². The van der Waals surface area contributed by atoms with E-state index in [1.165, 1.54) is 0 Å². The average Bonchev–Trinajstić information content (AvgIpc) is 3.88. The molecule has 0 bridgehead atoms. The fraction of sp³-hybridized carbons (Fsp3) is 0.425. The number of nitrogens with zero attached hydrogens (tertiary/aromatic N) is 6. The molecule has 4 aromatic rings. The lowest BCUT2D eigenvalue weighted by atomic mass is 9.73. The minimum atomic E-state index is -0.668. The highest BCUT2D eigenvalue weighted by Gasteiger charge is 2.48. The average molecular weight is 731 g/mol. The molecule has 14 nitrogen and oxygen atoms in total. The van der Waals surface area contributed by atoms with Crippen LogP contribution in [0.25, 0.3) is 22.4 Å². The number of benzene rings is 2. The number of phenols is 1. The Labute approximate surface area is 311 Å². The number of piperidine rings is 2. The van der Waals surface area contributed by atoms with E-state index in [4.69, 9.17) is 10.5 Å². The van der Waals surface area contributed by atoms with Crippen molar-refractivity contribution in [3.05, 3.63) is 71.5 Å². The summed E-state index contributed by atoms with van der Waals surface area (Å²) in [4.78, 5) is 55.0. The smallest absolute Gasteiger partial charge is 0.255 e. The third-order valence-electron chi connectivity index (χ3n) is 12.4. The minimum Gasteiger partial charge on any atom is -0.507 e. The molecule has 2 aromatic heterocycles. The van der Waals surface area contributed by atoms with Gasteiger partial charge in [-0.1, -0.05) is 18.2 Å². The zero-order valence-electron chi connectivity index (χ0n) is 29.9. The van der Waals surface area contributed by atoms with E-state index in [1.807, 2.05) is 40.0 Å². The Morgan fingerprint density at radius 1 is 0.981 bits per heavy atom. The molecule has 4 N–H and O–H groups in total. The van der Waals surface area contributed by atoms with E-state index < -0.39 is 11.9 Å². The molecule has 1 atom stereocenters. The molecule has 54 heavy (non-hydrogen) atoms. The standard InChI is InChI=1S/C40H42N8O6/c41-36-28(17-31(44-45-36)27-3-1-2-4-33(27)49)25-18-42-47(20-25)19-23-5-7-24(8-6-23)38(52)46-15-13-40(14-16-46)22-54-35-29-21-48(32-11-12-34(50)43-37(32)51)39(53)26(29)9-10-30(35)40/h1-4,9-10,17-18,20,23-24,32,49H,5-8,11-16,19,21-22H2,(H2,41,45)(H,43,50,51). The van der Waals surface area contributed by atoms with Crippen molar-refractivity contribution < 1.29 is 29.0 Å². The minimum absolute atomic E-state index is 0.0126. The Morgan fingerprint density at radius 2 is 1.78 bits per heavy atom. The first-order chi connectivity index (χ1) is 26.2. The van der Waals surface area contributed by atoms with E-state index >= 15 is 0 Å². The molecule has 1 spiro atoms. The first-order valence-corrected chi connectivity index (χ1v) is 18.8. The van der Waals surface area contributed by atoms with Crippen molar-refractivity contribution in [2.75, 3.05) is 25.4 Å². The highest BCUT2D eigenvalue weighted by molar-refractivity contribution is 6.06. The fourth-order valence-electron chi connectivity index (χ4n) is 9.22. The van der Waals surface area contributed by atoms with Crippen LogP contribution >= 0.6 is 0 Å².